The lowest BCUT2D eigenvalue weighted by atomic mass is 9.50. The summed E-state index contributed by atoms with van der Waals surface area (Å²) in [6, 6.07) is 0. The third-order valence-corrected chi connectivity index (χ3v) is 8.28. The number of fused-ring (bicyclic) bond motifs is 1. The zero-order valence-electron chi connectivity index (χ0n) is 15.0. The molecule has 23 heavy (non-hydrogen) atoms. The van der Waals surface area contributed by atoms with Gasteiger partial charge in [0.05, 0.1) is 12.4 Å². The highest BCUT2D eigenvalue weighted by Crippen LogP contribution is 2.63. The minimum absolute atomic E-state index is 0.0749. The monoisotopic (exact) mass is 322 g/mol. The van der Waals surface area contributed by atoms with E-state index in [1.165, 1.54) is 25.5 Å². The molecule has 0 heterocycles. The van der Waals surface area contributed by atoms with Gasteiger partial charge in [0.25, 0.3) is 0 Å². The van der Waals surface area contributed by atoms with Crippen molar-refractivity contribution < 1.29 is 15.3 Å². The van der Waals surface area contributed by atoms with Gasteiger partial charge in [-0.3, -0.25) is 0 Å². The van der Waals surface area contributed by atoms with E-state index in [4.69, 9.17) is 0 Å². The van der Waals surface area contributed by atoms with Crippen LogP contribution in [0.1, 0.15) is 65.7 Å². The third-order valence-electron chi connectivity index (χ3n) is 8.28. The van der Waals surface area contributed by atoms with Crippen LogP contribution in [0.5, 0.6) is 0 Å². The van der Waals surface area contributed by atoms with E-state index >= 15 is 0 Å². The van der Waals surface area contributed by atoms with E-state index in [0.29, 0.717) is 29.6 Å². The van der Waals surface area contributed by atoms with Crippen molar-refractivity contribution in [3.8, 4) is 0 Å². The van der Waals surface area contributed by atoms with E-state index in [1.807, 2.05) is 0 Å². The third kappa shape index (κ3) is 2.55. The molecule has 3 aliphatic rings. The van der Waals surface area contributed by atoms with Crippen molar-refractivity contribution >= 4 is 0 Å². The van der Waals surface area contributed by atoms with Gasteiger partial charge >= 0.3 is 0 Å². The van der Waals surface area contributed by atoms with Crippen LogP contribution in [0, 0.1) is 34.5 Å². The lowest BCUT2D eigenvalue weighted by Crippen LogP contribution is -2.49. The Morgan fingerprint density at radius 3 is 2.48 bits per heavy atom. The molecule has 0 aromatic rings. The van der Waals surface area contributed by atoms with Crippen molar-refractivity contribution in [1.29, 1.82) is 0 Å². The SMILES string of the molecule is CC1CCC2[C@H](CO)C([C@@]3(C)CC[C@H](O)C/C3=C\O)CC[C@]12C. The highest BCUT2D eigenvalue weighted by molar-refractivity contribution is 5.19. The van der Waals surface area contributed by atoms with Gasteiger partial charge in [-0.25, -0.2) is 0 Å². The molecule has 0 bridgehead atoms. The Labute approximate surface area is 140 Å². The average molecular weight is 322 g/mol. The van der Waals surface area contributed by atoms with E-state index < -0.39 is 0 Å². The van der Waals surface area contributed by atoms with Crippen LogP contribution in [0.2, 0.25) is 0 Å². The van der Waals surface area contributed by atoms with E-state index in [0.717, 1.165) is 30.8 Å². The lowest BCUT2D eigenvalue weighted by Gasteiger charge is -2.55. The molecule has 3 N–H and O–H groups in total. The van der Waals surface area contributed by atoms with Crippen molar-refractivity contribution in [2.75, 3.05) is 6.61 Å². The van der Waals surface area contributed by atoms with Gasteiger partial charge in [-0.15, -0.1) is 0 Å². The Morgan fingerprint density at radius 1 is 1.09 bits per heavy atom. The van der Waals surface area contributed by atoms with Crippen LogP contribution in [-0.2, 0) is 0 Å². The summed E-state index contributed by atoms with van der Waals surface area (Å²) in [5.41, 5.74) is 1.29. The second-order valence-corrected chi connectivity index (χ2v) is 9.05. The Bertz CT molecular complexity index is 474. The molecule has 3 nitrogen and oxygen atoms in total. The van der Waals surface area contributed by atoms with Crippen LogP contribution in [0.15, 0.2) is 11.8 Å². The van der Waals surface area contributed by atoms with Crippen molar-refractivity contribution in [2.24, 2.45) is 34.5 Å². The zero-order valence-corrected chi connectivity index (χ0v) is 15.0. The summed E-state index contributed by atoms with van der Waals surface area (Å²) in [5, 5.41) is 30.0. The molecule has 3 fully saturated rings. The molecule has 0 radical (unpaired) electrons. The predicted molar refractivity (Wildman–Crippen MR) is 92.0 cm³/mol. The summed E-state index contributed by atoms with van der Waals surface area (Å²) < 4.78 is 0. The quantitative estimate of drug-likeness (QED) is 0.672. The summed E-state index contributed by atoms with van der Waals surface area (Å²) in [6.07, 6.45) is 8.11. The molecule has 0 aromatic heterocycles. The van der Waals surface area contributed by atoms with Crippen LogP contribution in [-0.4, -0.2) is 28.0 Å². The minimum Gasteiger partial charge on any atom is -0.516 e. The number of hydrogen-bond donors (Lipinski definition) is 3. The average Bonchev–Trinajstić information content (AvgIpc) is 2.84. The van der Waals surface area contributed by atoms with Gasteiger partial charge in [0.15, 0.2) is 0 Å². The molecule has 3 saturated carbocycles. The lowest BCUT2D eigenvalue weighted by molar-refractivity contribution is -0.0610. The molecular formula is C20H34O3. The van der Waals surface area contributed by atoms with Gasteiger partial charge in [-0.2, -0.15) is 0 Å². The van der Waals surface area contributed by atoms with E-state index in [-0.39, 0.29) is 18.1 Å². The van der Waals surface area contributed by atoms with Gasteiger partial charge in [0, 0.05) is 6.61 Å². The first kappa shape index (κ1) is 17.3. The number of hydrogen-bond acceptors (Lipinski definition) is 3. The molecule has 0 aliphatic heterocycles. The van der Waals surface area contributed by atoms with Gasteiger partial charge < -0.3 is 15.3 Å². The van der Waals surface area contributed by atoms with Crippen LogP contribution in [0.4, 0.5) is 0 Å². The van der Waals surface area contributed by atoms with E-state index in [2.05, 4.69) is 20.8 Å². The molecule has 3 aliphatic carbocycles. The number of rotatable bonds is 2. The topological polar surface area (TPSA) is 60.7 Å². The minimum atomic E-state index is -0.325. The maximum atomic E-state index is 10.2. The second kappa shape index (κ2) is 6.07. The molecule has 0 saturated heterocycles. The number of aliphatic hydroxyl groups excluding tert-OH is 3. The van der Waals surface area contributed by atoms with Crippen molar-refractivity contribution in [1.82, 2.24) is 0 Å². The molecule has 0 aromatic carbocycles. The van der Waals surface area contributed by atoms with Crippen LogP contribution >= 0.6 is 0 Å². The second-order valence-electron chi connectivity index (χ2n) is 9.05. The molecular weight excluding hydrogens is 288 g/mol. The first-order valence-electron chi connectivity index (χ1n) is 9.49. The van der Waals surface area contributed by atoms with Crippen LogP contribution in [0.3, 0.4) is 0 Å². The van der Waals surface area contributed by atoms with Crippen molar-refractivity contribution in [3.05, 3.63) is 11.8 Å². The van der Waals surface area contributed by atoms with Gasteiger partial charge in [0.1, 0.15) is 0 Å². The van der Waals surface area contributed by atoms with Gasteiger partial charge in [-0.1, -0.05) is 20.8 Å². The van der Waals surface area contributed by atoms with Crippen molar-refractivity contribution in [2.45, 2.75) is 71.8 Å². The van der Waals surface area contributed by atoms with Gasteiger partial charge in [0.2, 0.25) is 0 Å². The molecule has 3 heteroatoms. The highest BCUT2D eigenvalue weighted by atomic mass is 16.3. The fraction of sp³-hybridized carbons (Fsp3) is 0.900. The number of aliphatic hydroxyl groups is 3. The first-order chi connectivity index (χ1) is 10.9. The maximum Gasteiger partial charge on any atom is 0.0790 e. The summed E-state index contributed by atoms with van der Waals surface area (Å²) in [6.45, 7) is 7.33. The van der Waals surface area contributed by atoms with Crippen molar-refractivity contribution in [3.63, 3.8) is 0 Å². The summed E-state index contributed by atoms with van der Waals surface area (Å²) in [7, 11) is 0. The fourth-order valence-electron chi connectivity index (χ4n) is 6.44. The summed E-state index contributed by atoms with van der Waals surface area (Å²) in [4.78, 5) is 0. The van der Waals surface area contributed by atoms with Crippen LogP contribution < -0.4 is 0 Å². The Balaban J connectivity index is 1.91. The molecule has 3 rings (SSSR count). The normalized spacial score (nSPS) is 52.6. The molecule has 3 unspecified atom stereocenters. The Morgan fingerprint density at radius 2 is 1.83 bits per heavy atom. The first-order valence-corrected chi connectivity index (χ1v) is 9.49. The fourth-order valence-corrected chi connectivity index (χ4v) is 6.44. The predicted octanol–water partition coefficient (Wildman–Crippen LogP) is 4.05. The Hall–Kier alpha value is -0.540. The largest absolute Gasteiger partial charge is 0.516 e. The maximum absolute atomic E-state index is 10.2. The summed E-state index contributed by atoms with van der Waals surface area (Å²) in [5.74, 6) is 2.09. The van der Waals surface area contributed by atoms with Crippen LogP contribution in [0.25, 0.3) is 0 Å². The molecule has 132 valence electrons. The Kier molecular flexibility index (Phi) is 4.57. The van der Waals surface area contributed by atoms with E-state index in [9.17, 15) is 15.3 Å². The molecule has 0 amide bonds. The van der Waals surface area contributed by atoms with Gasteiger partial charge in [-0.05, 0) is 85.0 Å². The molecule has 7 atom stereocenters. The summed E-state index contributed by atoms with van der Waals surface area (Å²) >= 11 is 0. The standard InChI is InChI=1S/C20H34O3/c1-13-4-5-17-16(12-22)18(7-9-19(13,17)2)20(3)8-6-15(23)10-14(20)11-21/h11,13,15-18,21-23H,4-10,12H2,1-3H3/b14-11+/t13?,15-,16-,17?,18?,19+,20-/m0/s1. The molecule has 0 spiro atoms. The zero-order chi connectivity index (χ0) is 16.8. The smallest absolute Gasteiger partial charge is 0.0790 e. The highest BCUT2D eigenvalue weighted by Gasteiger charge is 2.56. The van der Waals surface area contributed by atoms with E-state index in [1.54, 1.807) is 0 Å².